The monoisotopic (exact) mass is 330 g/mol. The molecule has 1 N–H and O–H groups in total. The number of likely N-dealkylation sites (N-methyl/N-ethyl adjacent to an activating group) is 1. The van der Waals surface area contributed by atoms with Crippen molar-refractivity contribution >= 4 is 11.8 Å². The maximum absolute atomic E-state index is 12.5. The largest absolute Gasteiger partial charge is 0.350 e. The molecule has 128 valence electrons. The molecular weight excluding hydrogens is 308 g/mol. The molecule has 2 rings (SSSR count). The van der Waals surface area contributed by atoms with Gasteiger partial charge in [0.15, 0.2) is 0 Å². The standard InChI is InChI=1S/C17H22N4O3/c1-5-21(11-15(22)19-17(2,3)4)16(23)14-10-13(20-24-14)12-8-6-7-9-18-12/h6-10H,5,11H2,1-4H3,(H,19,22). The molecule has 0 aliphatic heterocycles. The molecule has 0 fully saturated rings. The van der Waals surface area contributed by atoms with E-state index in [2.05, 4.69) is 15.5 Å². The second-order valence-electron chi connectivity index (χ2n) is 6.41. The minimum Gasteiger partial charge on any atom is -0.350 e. The molecule has 0 spiro atoms. The third-order valence-electron chi connectivity index (χ3n) is 3.17. The van der Waals surface area contributed by atoms with Gasteiger partial charge in [0.25, 0.3) is 5.91 Å². The highest BCUT2D eigenvalue weighted by Crippen LogP contribution is 2.17. The van der Waals surface area contributed by atoms with Gasteiger partial charge in [-0.25, -0.2) is 0 Å². The van der Waals surface area contributed by atoms with Crippen LogP contribution in [0.3, 0.4) is 0 Å². The van der Waals surface area contributed by atoms with Gasteiger partial charge in [-0.05, 0) is 39.8 Å². The Kier molecular flexibility index (Phi) is 5.33. The summed E-state index contributed by atoms with van der Waals surface area (Å²) in [4.78, 5) is 30.1. The molecule has 0 saturated carbocycles. The highest BCUT2D eigenvalue weighted by molar-refractivity contribution is 5.95. The van der Waals surface area contributed by atoms with Crippen molar-refractivity contribution in [3.63, 3.8) is 0 Å². The van der Waals surface area contributed by atoms with Gasteiger partial charge < -0.3 is 14.7 Å². The first-order valence-electron chi connectivity index (χ1n) is 7.78. The number of hydrogen-bond donors (Lipinski definition) is 1. The summed E-state index contributed by atoms with van der Waals surface area (Å²) in [5.41, 5.74) is 0.751. The molecule has 2 amide bonds. The number of carbonyl (C=O) groups excluding carboxylic acids is 2. The summed E-state index contributed by atoms with van der Waals surface area (Å²) in [6, 6.07) is 6.94. The van der Waals surface area contributed by atoms with E-state index >= 15 is 0 Å². The van der Waals surface area contributed by atoms with Crippen LogP contribution in [0.5, 0.6) is 0 Å². The van der Waals surface area contributed by atoms with E-state index in [0.717, 1.165) is 0 Å². The van der Waals surface area contributed by atoms with Crippen molar-refractivity contribution in [2.75, 3.05) is 13.1 Å². The maximum atomic E-state index is 12.5. The summed E-state index contributed by atoms with van der Waals surface area (Å²) in [7, 11) is 0. The Morgan fingerprint density at radius 3 is 2.58 bits per heavy atom. The molecule has 0 saturated heterocycles. The molecule has 0 aliphatic rings. The topological polar surface area (TPSA) is 88.3 Å². The van der Waals surface area contributed by atoms with Crippen LogP contribution < -0.4 is 5.32 Å². The molecule has 2 aromatic rings. The quantitative estimate of drug-likeness (QED) is 0.907. The van der Waals surface area contributed by atoms with Crippen molar-refractivity contribution in [3.8, 4) is 11.4 Å². The van der Waals surface area contributed by atoms with Crippen molar-refractivity contribution in [1.29, 1.82) is 0 Å². The van der Waals surface area contributed by atoms with Crippen molar-refractivity contribution in [2.24, 2.45) is 0 Å². The van der Waals surface area contributed by atoms with E-state index in [9.17, 15) is 9.59 Å². The van der Waals surface area contributed by atoms with Gasteiger partial charge in [0, 0.05) is 24.3 Å². The van der Waals surface area contributed by atoms with Crippen LogP contribution in [-0.4, -0.2) is 45.5 Å². The van der Waals surface area contributed by atoms with Crippen LogP contribution in [-0.2, 0) is 4.79 Å². The number of hydrogen-bond acceptors (Lipinski definition) is 5. The SMILES string of the molecule is CCN(CC(=O)NC(C)(C)C)C(=O)c1cc(-c2ccccn2)no1. The summed E-state index contributed by atoms with van der Waals surface area (Å²) < 4.78 is 5.13. The fraction of sp³-hybridized carbons (Fsp3) is 0.412. The Morgan fingerprint density at radius 1 is 1.25 bits per heavy atom. The van der Waals surface area contributed by atoms with Gasteiger partial charge in [-0.1, -0.05) is 11.2 Å². The molecule has 0 unspecified atom stereocenters. The van der Waals surface area contributed by atoms with Crippen LogP contribution in [0.2, 0.25) is 0 Å². The van der Waals surface area contributed by atoms with Gasteiger partial charge in [-0.3, -0.25) is 14.6 Å². The van der Waals surface area contributed by atoms with E-state index in [1.54, 1.807) is 25.3 Å². The molecule has 2 aromatic heterocycles. The first-order valence-corrected chi connectivity index (χ1v) is 7.78. The first-order chi connectivity index (χ1) is 11.3. The lowest BCUT2D eigenvalue weighted by Crippen LogP contribution is -2.47. The van der Waals surface area contributed by atoms with Crippen molar-refractivity contribution in [2.45, 2.75) is 33.2 Å². The zero-order valence-corrected chi connectivity index (χ0v) is 14.4. The van der Waals surface area contributed by atoms with Crippen LogP contribution in [0.15, 0.2) is 35.0 Å². The number of aromatic nitrogens is 2. The van der Waals surface area contributed by atoms with E-state index in [1.165, 1.54) is 11.0 Å². The molecule has 7 heteroatoms. The summed E-state index contributed by atoms with van der Waals surface area (Å²) in [6.45, 7) is 7.82. The number of carbonyl (C=O) groups is 2. The Balaban J connectivity index is 2.09. The van der Waals surface area contributed by atoms with Crippen LogP contribution in [0.4, 0.5) is 0 Å². The number of pyridine rings is 1. The zero-order chi connectivity index (χ0) is 17.7. The Hall–Kier alpha value is -2.70. The van der Waals surface area contributed by atoms with Crippen molar-refractivity contribution in [1.82, 2.24) is 20.4 Å². The van der Waals surface area contributed by atoms with Gasteiger partial charge in [-0.15, -0.1) is 0 Å². The molecule has 0 aromatic carbocycles. The summed E-state index contributed by atoms with van der Waals surface area (Å²) >= 11 is 0. The highest BCUT2D eigenvalue weighted by Gasteiger charge is 2.23. The van der Waals surface area contributed by atoms with E-state index in [4.69, 9.17) is 4.52 Å². The Morgan fingerprint density at radius 2 is 2.00 bits per heavy atom. The van der Waals surface area contributed by atoms with Crippen molar-refractivity contribution in [3.05, 3.63) is 36.2 Å². The highest BCUT2D eigenvalue weighted by atomic mass is 16.5. The van der Waals surface area contributed by atoms with Crippen LogP contribution in [0.25, 0.3) is 11.4 Å². The van der Waals surface area contributed by atoms with E-state index in [1.807, 2.05) is 26.8 Å². The second kappa shape index (κ2) is 7.25. The fourth-order valence-electron chi connectivity index (χ4n) is 2.13. The lowest BCUT2D eigenvalue weighted by molar-refractivity contribution is -0.123. The maximum Gasteiger partial charge on any atom is 0.292 e. The minimum absolute atomic E-state index is 0.0355. The van der Waals surface area contributed by atoms with Crippen molar-refractivity contribution < 1.29 is 14.1 Å². The predicted octanol–water partition coefficient (Wildman–Crippen LogP) is 2.11. The van der Waals surface area contributed by atoms with Gasteiger partial charge in [0.1, 0.15) is 5.69 Å². The van der Waals surface area contributed by atoms with E-state index < -0.39 is 0 Å². The summed E-state index contributed by atoms with van der Waals surface area (Å²) in [5, 5.41) is 6.71. The molecule has 0 radical (unpaired) electrons. The summed E-state index contributed by atoms with van der Waals surface area (Å²) in [6.07, 6.45) is 1.64. The number of nitrogens with zero attached hydrogens (tertiary/aromatic N) is 3. The Labute approximate surface area is 141 Å². The summed E-state index contributed by atoms with van der Waals surface area (Å²) in [5.74, 6) is -0.514. The predicted molar refractivity (Wildman–Crippen MR) is 89.2 cm³/mol. The second-order valence-corrected chi connectivity index (χ2v) is 6.41. The van der Waals surface area contributed by atoms with Gasteiger partial charge in [0.2, 0.25) is 11.7 Å². The molecule has 2 heterocycles. The van der Waals surface area contributed by atoms with Gasteiger partial charge in [0.05, 0.1) is 12.2 Å². The molecule has 0 atom stereocenters. The molecule has 24 heavy (non-hydrogen) atoms. The molecule has 0 aliphatic carbocycles. The third kappa shape index (κ3) is 4.65. The number of rotatable bonds is 5. The molecule has 7 nitrogen and oxygen atoms in total. The fourth-order valence-corrected chi connectivity index (χ4v) is 2.13. The average Bonchev–Trinajstić information content (AvgIpc) is 3.01. The van der Waals surface area contributed by atoms with Gasteiger partial charge >= 0.3 is 0 Å². The van der Waals surface area contributed by atoms with E-state index in [-0.39, 0.29) is 29.7 Å². The number of amides is 2. The molecule has 0 bridgehead atoms. The Bertz CT molecular complexity index is 704. The minimum atomic E-state index is -0.378. The smallest absolute Gasteiger partial charge is 0.292 e. The normalized spacial score (nSPS) is 11.2. The van der Waals surface area contributed by atoms with Crippen LogP contribution >= 0.6 is 0 Å². The third-order valence-corrected chi connectivity index (χ3v) is 3.17. The lowest BCUT2D eigenvalue weighted by atomic mass is 10.1. The van der Waals surface area contributed by atoms with Gasteiger partial charge in [-0.2, -0.15) is 0 Å². The molecular formula is C17H22N4O3. The van der Waals surface area contributed by atoms with Crippen LogP contribution in [0.1, 0.15) is 38.2 Å². The zero-order valence-electron chi connectivity index (χ0n) is 14.4. The average molecular weight is 330 g/mol. The number of nitrogens with one attached hydrogen (secondary N) is 1. The van der Waals surface area contributed by atoms with Crippen LogP contribution in [0, 0.1) is 0 Å². The first kappa shape index (κ1) is 17.7. The van der Waals surface area contributed by atoms with E-state index in [0.29, 0.717) is 17.9 Å². The lowest BCUT2D eigenvalue weighted by Gasteiger charge is -2.24.